The number of carbonyl (C=O) groups excluding carboxylic acids is 1. The molecule has 1 aliphatic rings. The van der Waals surface area contributed by atoms with E-state index in [-0.39, 0.29) is 5.91 Å². The number of aromatic nitrogens is 2. The van der Waals surface area contributed by atoms with Crippen LogP contribution in [0.25, 0.3) is 5.70 Å². The smallest absolute Gasteiger partial charge is 0.276 e. The van der Waals surface area contributed by atoms with E-state index in [1.54, 1.807) is 0 Å². The summed E-state index contributed by atoms with van der Waals surface area (Å²) in [6, 6.07) is 0. The van der Waals surface area contributed by atoms with Crippen LogP contribution < -0.4 is 5.32 Å². The third-order valence-corrected chi connectivity index (χ3v) is 1.46. The van der Waals surface area contributed by atoms with Crippen LogP contribution in [-0.4, -0.2) is 15.9 Å². The quantitative estimate of drug-likeness (QED) is 0.570. The van der Waals surface area contributed by atoms with Gasteiger partial charge < -0.3 is 5.32 Å². The minimum absolute atomic E-state index is 0.224. The van der Waals surface area contributed by atoms with Crippen molar-refractivity contribution in [2.75, 3.05) is 0 Å². The van der Waals surface area contributed by atoms with Gasteiger partial charge in [-0.1, -0.05) is 6.58 Å². The van der Waals surface area contributed by atoms with E-state index in [0.29, 0.717) is 17.1 Å². The zero-order chi connectivity index (χ0) is 7.84. The van der Waals surface area contributed by atoms with Crippen molar-refractivity contribution in [2.45, 2.75) is 0 Å². The number of nitrogens with one attached hydrogen (secondary N) is 1. The fraction of sp³-hybridized carbons (Fsp3) is 0. The van der Waals surface area contributed by atoms with Gasteiger partial charge in [0.2, 0.25) is 0 Å². The number of fused-ring (bicyclic) bond motifs is 1. The number of hydrogen-bond donors (Lipinski definition) is 1. The zero-order valence-electron chi connectivity index (χ0n) is 5.66. The third kappa shape index (κ3) is 0.724. The highest BCUT2D eigenvalue weighted by atomic mass is 16.2. The normalized spacial score (nSPS) is 14.5. The van der Waals surface area contributed by atoms with Crippen LogP contribution in [0.4, 0.5) is 0 Å². The lowest BCUT2D eigenvalue weighted by Crippen LogP contribution is -2.12. The van der Waals surface area contributed by atoms with E-state index in [9.17, 15) is 4.79 Å². The molecule has 4 nitrogen and oxygen atoms in total. The van der Waals surface area contributed by atoms with Gasteiger partial charge in [0.25, 0.3) is 5.91 Å². The minimum atomic E-state index is -0.224. The molecule has 1 aromatic heterocycles. The van der Waals surface area contributed by atoms with E-state index >= 15 is 0 Å². The highest BCUT2D eigenvalue weighted by molar-refractivity contribution is 6.06. The number of carbonyl (C=O) groups is 1. The Morgan fingerprint density at radius 3 is 2.55 bits per heavy atom. The molecule has 2 heterocycles. The van der Waals surface area contributed by atoms with Crippen LogP contribution in [0, 0.1) is 0 Å². The van der Waals surface area contributed by atoms with Crippen LogP contribution in [0.3, 0.4) is 0 Å². The summed E-state index contributed by atoms with van der Waals surface area (Å²) in [5.41, 5.74) is 1.44. The fourth-order valence-corrected chi connectivity index (χ4v) is 0.980. The summed E-state index contributed by atoms with van der Waals surface area (Å²) in [6.45, 7) is 3.61. The monoisotopic (exact) mass is 147 g/mol. The Bertz CT molecular complexity index is 312. The van der Waals surface area contributed by atoms with Crippen molar-refractivity contribution in [2.24, 2.45) is 0 Å². The Morgan fingerprint density at radius 2 is 1.91 bits per heavy atom. The Hall–Kier alpha value is -1.71. The van der Waals surface area contributed by atoms with Crippen molar-refractivity contribution in [1.82, 2.24) is 15.3 Å². The lowest BCUT2D eigenvalue weighted by Gasteiger charge is -1.90. The molecule has 54 valence electrons. The summed E-state index contributed by atoms with van der Waals surface area (Å²) in [4.78, 5) is 18.8. The predicted molar refractivity (Wildman–Crippen MR) is 38.5 cm³/mol. The average Bonchev–Trinajstić information content (AvgIpc) is 2.30. The van der Waals surface area contributed by atoms with Gasteiger partial charge in [0.1, 0.15) is 5.69 Å². The van der Waals surface area contributed by atoms with Crippen molar-refractivity contribution in [3.05, 3.63) is 30.4 Å². The number of nitrogens with zero attached hydrogens (tertiary/aromatic N) is 2. The zero-order valence-corrected chi connectivity index (χ0v) is 5.66. The van der Waals surface area contributed by atoms with E-state index in [2.05, 4.69) is 21.9 Å². The fourth-order valence-electron chi connectivity index (χ4n) is 0.980. The van der Waals surface area contributed by atoms with Gasteiger partial charge in [0, 0.05) is 12.4 Å². The Labute approximate surface area is 63.0 Å². The molecule has 0 atom stereocenters. The first kappa shape index (κ1) is 6.03. The molecule has 0 radical (unpaired) electrons. The highest BCUT2D eigenvalue weighted by Crippen LogP contribution is 2.16. The molecular weight excluding hydrogens is 142 g/mol. The van der Waals surface area contributed by atoms with Crippen LogP contribution in [0.5, 0.6) is 0 Å². The molecule has 1 N–H and O–H groups in total. The molecule has 0 bridgehead atoms. The van der Waals surface area contributed by atoms with Gasteiger partial charge in [-0.25, -0.2) is 4.98 Å². The summed E-state index contributed by atoms with van der Waals surface area (Å²) >= 11 is 0. The first-order valence-electron chi connectivity index (χ1n) is 3.10. The molecule has 1 aromatic rings. The van der Waals surface area contributed by atoms with Crippen LogP contribution in [-0.2, 0) is 0 Å². The molecule has 1 aliphatic heterocycles. The van der Waals surface area contributed by atoms with Gasteiger partial charge >= 0.3 is 0 Å². The largest absolute Gasteiger partial charge is 0.319 e. The molecule has 0 unspecified atom stereocenters. The number of amides is 1. The van der Waals surface area contributed by atoms with Gasteiger partial charge in [-0.15, -0.1) is 0 Å². The van der Waals surface area contributed by atoms with Crippen LogP contribution in [0.1, 0.15) is 16.2 Å². The van der Waals surface area contributed by atoms with Crippen molar-refractivity contribution < 1.29 is 4.79 Å². The van der Waals surface area contributed by atoms with E-state index in [0.717, 1.165) is 0 Å². The Morgan fingerprint density at radius 1 is 1.27 bits per heavy atom. The maximum Gasteiger partial charge on any atom is 0.276 e. The Kier molecular flexibility index (Phi) is 1.03. The van der Waals surface area contributed by atoms with Crippen LogP contribution in [0.2, 0.25) is 0 Å². The summed E-state index contributed by atoms with van der Waals surface area (Å²) in [6.07, 6.45) is 3.02. The Balaban J connectivity index is 2.69. The minimum Gasteiger partial charge on any atom is -0.319 e. The molecule has 1 amide bonds. The molecule has 0 aromatic carbocycles. The van der Waals surface area contributed by atoms with E-state index in [4.69, 9.17) is 0 Å². The molecule has 2 rings (SSSR count). The van der Waals surface area contributed by atoms with Crippen LogP contribution in [0.15, 0.2) is 19.0 Å². The molecule has 0 fully saturated rings. The highest BCUT2D eigenvalue weighted by Gasteiger charge is 2.24. The van der Waals surface area contributed by atoms with Crippen molar-refractivity contribution in [3.63, 3.8) is 0 Å². The van der Waals surface area contributed by atoms with Gasteiger partial charge in [0.05, 0.1) is 5.70 Å². The van der Waals surface area contributed by atoms with Gasteiger partial charge in [-0.05, 0) is 0 Å². The third-order valence-electron chi connectivity index (χ3n) is 1.46. The standard InChI is InChI=1S/C7H5N3O/c1-4-5-6(7(11)10-4)9-3-2-8-5/h2-3H,1H2,(H,10,11). The summed E-state index contributed by atoms with van der Waals surface area (Å²) in [5, 5.41) is 2.52. The molecule has 0 saturated carbocycles. The average molecular weight is 147 g/mol. The first-order valence-corrected chi connectivity index (χ1v) is 3.10. The molecule has 0 saturated heterocycles. The van der Waals surface area contributed by atoms with Gasteiger partial charge in [0.15, 0.2) is 5.69 Å². The molecule has 11 heavy (non-hydrogen) atoms. The predicted octanol–water partition coefficient (Wildman–Crippen LogP) is 0.191. The second-order valence-corrected chi connectivity index (χ2v) is 2.19. The summed E-state index contributed by atoms with van der Waals surface area (Å²) in [7, 11) is 0. The van der Waals surface area contributed by atoms with Gasteiger partial charge in [-0.3, -0.25) is 9.78 Å². The van der Waals surface area contributed by atoms with Crippen molar-refractivity contribution in [3.8, 4) is 0 Å². The topological polar surface area (TPSA) is 54.9 Å². The number of rotatable bonds is 0. The van der Waals surface area contributed by atoms with Crippen LogP contribution >= 0.6 is 0 Å². The van der Waals surface area contributed by atoms with E-state index in [1.807, 2.05) is 0 Å². The SMILES string of the molecule is C=C1NC(=O)c2nccnc21. The number of hydrogen-bond acceptors (Lipinski definition) is 3. The summed E-state index contributed by atoms with van der Waals surface area (Å²) in [5.74, 6) is -0.224. The second-order valence-electron chi connectivity index (χ2n) is 2.19. The first-order chi connectivity index (χ1) is 5.29. The molecule has 4 heteroatoms. The van der Waals surface area contributed by atoms with E-state index < -0.39 is 0 Å². The lowest BCUT2D eigenvalue weighted by atomic mass is 10.3. The maximum absolute atomic E-state index is 11.0. The molecule has 0 aliphatic carbocycles. The lowest BCUT2D eigenvalue weighted by molar-refractivity contribution is 0.0976. The summed E-state index contributed by atoms with van der Waals surface area (Å²) < 4.78 is 0. The van der Waals surface area contributed by atoms with Gasteiger partial charge in [-0.2, -0.15) is 0 Å². The maximum atomic E-state index is 11.0. The van der Waals surface area contributed by atoms with E-state index in [1.165, 1.54) is 12.4 Å². The van der Waals surface area contributed by atoms with Crippen molar-refractivity contribution in [1.29, 1.82) is 0 Å². The van der Waals surface area contributed by atoms with Crippen molar-refractivity contribution >= 4 is 11.6 Å². The second kappa shape index (κ2) is 1.88. The molecule has 0 spiro atoms. The molecular formula is C7H5N3O.